The summed E-state index contributed by atoms with van der Waals surface area (Å²) in [6, 6.07) is 4.04. The molecule has 3 atom stereocenters. The van der Waals surface area contributed by atoms with Crippen LogP contribution in [0, 0.1) is 38.5 Å². The Labute approximate surface area is 191 Å². The molecule has 3 unspecified atom stereocenters. The van der Waals surface area contributed by atoms with Crippen LogP contribution in [0.25, 0.3) is 0 Å². The van der Waals surface area contributed by atoms with Crippen LogP contribution in [0.2, 0.25) is 0 Å². The Kier molecular flexibility index (Phi) is 15.3. The zero-order chi connectivity index (χ0) is 24.0. The summed E-state index contributed by atoms with van der Waals surface area (Å²) in [6.07, 6.45) is 10.0. The summed E-state index contributed by atoms with van der Waals surface area (Å²) in [5.74, 6) is -1.91. The van der Waals surface area contributed by atoms with Crippen LogP contribution in [-0.4, -0.2) is 16.9 Å². The predicted octanol–water partition coefficient (Wildman–Crippen LogP) is 7.51. The van der Waals surface area contributed by atoms with Crippen LogP contribution in [0.5, 0.6) is 0 Å². The van der Waals surface area contributed by atoms with Gasteiger partial charge in [-0.15, -0.1) is 0 Å². The van der Waals surface area contributed by atoms with Crippen molar-refractivity contribution in [2.75, 3.05) is 0 Å². The van der Waals surface area contributed by atoms with Crippen LogP contribution in [0.3, 0.4) is 0 Å². The van der Waals surface area contributed by atoms with Crippen molar-refractivity contribution in [3.8, 4) is 0 Å². The van der Waals surface area contributed by atoms with E-state index in [0.717, 1.165) is 41.5 Å². The van der Waals surface area contributed by atoms with E-state index in [0.29, 0.717) is 6.42 Å². The Morgan fingerprint density at radius 3 is 1.74 bits per heavy atom. The Bertz CT molecular complexity index is 661. The SMILES string of the molecule is CCCCCCCCCCC(C(=O)O)C(C(=O)c1c(C)cc(C)cc1C)C(C)C.O=[PH2+]. The number of carboxylic acids is 1. The zero-order valence-corrected chi connectivity index (χ0v) is 21.7. The van der Waals surface area contributed by atoms with Crippen LogP contribution in [0.4, 0.5) is 0 Å². The fourth-order valence-electron chi connectivity index (χ4n) is 4.64. The number of carboxylic acid groups (broad SMARTS) is 1. The van der Waals surface area contributed by atoms with Crippen molar-refractivity contribution in [3.63, 3.8) is 0 Å². The van der Waals surface area contributed by atoms with E-state index >= 15 is 0 Å². The molecular weight excluding hydrogens is 407 g/mol. The average Bonchev–Trinajstić information content (AvgIpc) is 2.69. The van der Waals surface area contributed by atoms with Gasteiger partial charge in [0.05, 0.1) is 5.92 Å². The quantitative estimate of drug-likeness (QED) is 0.180. The van der Waals surface area contributed by atoms with E-state index in [1.165, 1.54) is 41.2 Å². The number of carbonyl (C=O) groups excluding carboxylic acids is 1. The lowest BCUT2D eigenvalue weighted by Crippen LogP contribution is -2.34. The second kappa shape index (κ2) is 16.1. The minimum Gasteiger partial charge on any atom is -0.481 e. The first kappa shape index (κ1) is 29.5. The van der Waals surface area contributed by atoms with Crippen molar-refractivity contribution < 1.29 is 19.3 Å². The van der Waals surface area contributed by atoms with Gasteiger partial charge in [0, 0.05) is 11.5 Å². The molecule has 0 saturated heterocycles. The van der Waals surface area contributed by atoms with Gasteiger partial charge in [0.25, 0.3) is 0 Å². The van der Waals surface area contributed by atoms with E-state index in [2.05, 4.69) is 6.92 Å². The Hall–Kier alpha value is -1.54. The molecule has 4 nitrogen and oxygen atoms in total. The molecule has 1 aromatic carbocycles. The van der Waals surface area contributed by atoms with E-state index in [-0.39, 0.29) is 11.7 Å². The molecule has 1 aromatic rings. The number of unbranched alkanes of at least 4 members (excludes halogenated alkanes) is 7. The molecular formula is C26H44O4P+. The van der Waals surface area contributed by atoms with Gasteiger partial charge in [-0.3, -0.25) is 9.59 Å². The molecule has 176 valence electrons. The standard InChI is InChI=1S/C26H42O3.H2OP/c1-7-8-9-10-11-12-13-14-15-22(26(28)29)23(18(2)3)25(27)24-20(5)16-19(4)17-21(24)6;1-2/h16-18,22-23H,7-15H2,1-6H3,(H,28,29);2H2/q;+1. The van der Waals surface area contributed by atoms with Crippen molar-refractivity contribution in [1.29, 1.82) is 0 Å². The predicted molar refractivity (Wildman–Crippen MR) is 132 cm³/mol. The van der Waals surface area contributed by atoms with Crippen LogP contribution >= 0.6 is 9.12 Å². The fourth-order valence-corrected chi connectivity index (χ4v) is 4.64. The summed E-state index contributed by atoms with van der Waals surface area (Å²) in [5, 5.41) is 9.92. The second-order valence-corrected chi connectivity index (χ2v) is 9.12. The Morgan fingerprint density at radius 2 is 1.32 bits per heavy atom. The number of hydrogen-bond donors (Lipinski definition) is 1. The van der Waals surface area contributed by atoms with Crippen molar-refractivity contribution in [2.45, 2.75) is 99.3 Å². The molecule has 0 aliphatic carbocycles. The summed E-state index contributed by atoms with van der Waals surface area (Å²) in [5.41, 5.74) is 3.76. The second-order valence-electron chi connectivity index (χ2n) is 9.12. The number of carbonyl (C=O) groups is 2. The van der Waals surface area contributed by atoms with E-state index < -0.39 is 17.8 Å². The number of aryl methyl sites for hydroxylation is 3. The minimum atomic E-state index is -0.831. The molecule has 0 aliphatic heterocycles. The van der Waals surface area contributed by atoms with Crippen LogP contribution in [0.1, 0.15) is 106 Å². The van der Waals surface area contributed by atoms with Gasteiger partial charge in [-0.1, -0.05) is 94.4 Å². The fraction of sp³-hybridized carbons (Fsp3) is 0.692. The molecule has 0 aliphatic rings. The third kappa shape index (κ3) is 10.1. The number of benzene rings is 1. The summed E-state index contributed by atoms with van der Waals surface area (Å²) < 4.78 is 8.17. The van der Waals surface area contributed by atoms with Crippen molar-refractivity contribution in [1.82, 2.24) is 0 Å². The molecule has 1 rings (SSSR count). The van der Waals surface area contributed by atoms with Gasteiger partial charge < -0.3 is 5.11 Å². The molecule has 0 fully saturated rings. The molecule has 0 radical (unpaired) electrons. The van der Waals surface area contributed by atoms with E-state index in [1.807, 2.05) is 46.8 Å². The maximum atomic E-state index is 13.5. The third-order valence-corrected chi connectivity index (χ3v) is 6.06. The first-order valence-corrected chi connectivity index (χ1v) is 12.3. The number of hydrogen-bond acceptors (Lipinski definition) is 3. The Morgan fingerprint density at radius 1 is 0.871 bits per heavy atom. The lowest BCUT2D eigenvalue weighted by Gasteiger charge is -2.27. The smallest absolute Gasteiger partial charge is 0.310 e. The van der Waals surface area contributed by atoms with Gasteiger partial charge in [0.15, 0.2) is 5.78 Å². The van der Waals surface area contributed by atoms with Crippen LogP contribution in [0.15, 0.2) is 12.1 Å². The maximum absolute atomic E-state index is 13.5. The molecule has 0 bridgehead atoms. The average molecular weight is 452 g/mol. The number of aliphatic carboxylic acids is 1. The summed E-state index contributed by atoms with van der Waals surface area (Å²) in [7, 11) is 1.17. The molecule has 0 aromatic heterocycles. The molecule has 0 amide bonds. The first-order chi connectivity index (χ1) is 14.7. The van der Waals surface area contributed by atoms with Crippen molar-refractivity contribution in [3.05, 3.63) is 34.4 Å². The number of Topliss-reactive ketones (excluding diaryl/α,β-unsaturated/α-hetero) is 1. The number of ketones is 1. The lowest BCUT2D eigenvalue weighted by molar-refractivity contribution is -0.144. The lowest BCUT2D eigenvalue weighted by atomic mass is 9.74. The molecule has 1 N–H and O–H groups in total. The summed E-state index contributed by atoms with van der Waals surface area (Å²) in [4.78, 5) is 25.5. The highest BCUT2D eigenvalue weighted by atomic mass is 31.0. The van der Waals surface area contributed by atoms with Gasteiger partial charge >= 0.3 is 15.1 Å². The van der Waals surface area contributed by atoms with E-state index in [4.69, 9.17) is 4.57 Å². The monoisotopic (exact) mass is 451 g/mol. The molecule has 0 saturated carbocycles. The zero-order valence-electron chi connectivity index (χ0n) is 20.5. The van der Waals surface area contributed by atoms with Gasteiger partial charge in [-0.2, -0.15) is 0 Å². The molecule has 5 heteroatoms. The van der Waals surface area contributed by atoms with Crippen molar-refractivity contribution >= 4 is 20.9 Å². The molecule has 31 heavy (non-hydrogen) atoms. The summed E-state index contributed by atoms with van der Waals surface area (Å²) in [6.45, 7) is 12.1. The molecule has 0 heterocycles. The highest BCUT2D eigenvalue weighted by Crippen LogP contribution is 2.32. The summed E-state index contributed by atoms with van der Waals surface area (Å²) >= 11 is 0. The van der Waals surface area contributed by atoms with Gasteiger partial charge in [0.2, 0.25) is 0 Å². The van der Waals surface area contributed by atoms with Crippen LogP contribution < -0.4 is 0 Å². The van der Waals surface area contributed by atoms with Crippen LogP contribution in [-0.2, 0) is 9.36 Å². The highest BCUT2D eigenvalue weighted by Gasteiger charge is 2.36. The van der Waals surface area contributed by atoms with Gasteiger partial charge in [-0.25, -0.2) is 0 Å². The first-order valence-electron chi connectivity index (χ1n) is 11.8. The highest BCUT2D eigenvalue weighted by molar-refractivity contribution is 7.00. The normalized spacial score (nSPS) is 12.7. The van der Waals surface area contributed by atoms with E-state index in [9.17, 15) is 14.7 Å². The Balaban J connectivity index is 0.00000436. The molecule has 0 spiro atoms. The maximum Gasteiger partial charge on any atom is 0.310 e. The van der Waals surface area contributed by atoms with E-state index in [1.54, 1.807) is 0 Å². The minimum absolute atomic E-state index is 0.00182. The van der Waals surface area contributed by atoms with Gasteiger partial charge in [-0.05, 0) is 44.2 Å². The largest absolute Gasteiger partial charge is 0.481 e. The van der Waals surface area contributed by atoms with Gasteiger partial charge in [0.1, 0.15) is 0 Å². The number of rotatable bonds is 14. The third-order valence-electron chi connectivity index (χ3n) is 6.06. The van der Waals surface area contributed by atoms with Crippen molar-refractivity contribution in [2.24, 2.45) is 17.8 Å². The topological polar surface area (TPSA) is 71.4 Å².